The molecular weight excluding hydrogens is 241 g/mol. The molecule has 0 unspecified atom stereocenters. The molecule has 2 rings (SSSR count). The molecule has 1 aromatic rings. The summed E-state index contributed by atoms with van der Waals surface area (Å²) >= 11 is 12.4. The zero-order chi connectivity index (χ0) is 11.8. The smallest absolute Gasteiger partial charge is 0.0471 e. The Hall–Kier alpha value is -0.240. The summed E-state index contributed by atoms with van der Waals surface area (Å²) in [5.41, 5.74) is 7.08. The molecule has 0 heterocycles. The summed E-state index contributed by atoms with van der Waals surface area (Å²) < 4.78 is 0. The quantitative estimate of drug-likeness (QED) is 0.795. The third kappa shape index (κ3) is 2.22. The minimum absolute atomic E-state index is 0.331. The summed E-state index contributed by atoms with van der Waals surface area (Å²) in [4.78, 5) is 0. The van der Waals surface area contributed by atoms with Crippen LogP contribution < -0.4 is 5.73 Å². The maximum atomic E-state index is 6.48. The lowest BCUT2D eigenvalue weighted by Gasteiger charge is -2.37. The van der Waals surface area contributed by atoms with Gasteiger partial charge in [-0.3, -0.25) is 0 Å². The number of hydrogen-bond acceptors (Lipinski definition) is 1. The zero-order valence-corrected chi connectivity index (χ0v) is 11.0. The van der Waals surface area contributed by atoms with Crippen LogP contribution in [0.15, 0.2) is 18.2 Å². The van der Waals surface area contributed by atoms with Gasteiger partial charge in [-0.05, 0) is 43.7 Å². The Morgan fingerprint density at radius 3 is 2.19 bits per heavy atom. The molecule has 1 fully saturated rings. The molecule has 1 aliphatic rings. The highest BCUT2D eigenvalue weighted by Crippen LogP contribution is 2.42. The van der Waals surface area contributed by atoms with E-state index in [0.29, 0.717) is 10.0 Å². The largest absolute Gasteiger partial charge is 0.321 e. The standard InChI is InChI=1S/C13H17Cl2N/c1-9-5-7-13(16,8-6-9)12-10(14)3-2-4-11(12)15/h2-4,9H,5-8,16H2,1H3. The van der Waals surface area contributed by atoms with Crippen LogP contribution in [0.5, 0.6) is 0 Å². The van der Waals surface area contributed by atoms with Gasteiger partial charge in [0.25, 0.3) is 0 Å². The van der Waals surface area contributed by atoms with Crippen LogP contribution in [0.4, 0.5) is 0 Å². The van der Waals surface area contributed by atoms with Crippen molar-refractivity contribution >= 4 is 23.2 Å². The molecule has 0 amide bonds. The summed E-state index contributed by atoms with van der Waals surface area (Å²) in [5.74, 6) is 0.762. The van der Waals surface area contributed by atoms with Crippen LogP contribution >= 0.6 is 23.2 Å². The Bertz CT molecular complexity index is 361. The minimum atomic E-state index is -0.331. The Kier molecular flexibility index (Phi) is 3.48. The monoisotopic (exact) mass is 257 g/mol. The van der Waals surface area contributed by atoms with Crippen molar-refractivity contribution in [2.45, 2.75) is 38.1 Å². The number of nitrogens with two attached hydrogens (primary N) is 1. The van der Waals surface area contributed by atoms with Crippen LogP contribution in [0.2, 0.25) is 10.0 Å². The SMILES string of the molecule is CC1CCC(N)(c2c(Cl)cccc2Cl)CC1. The average Bonchev–Trinajstić information content (AvgIpc) is 2.23. The van der Waals surface area contributed by atoms with E-state index in [9.17, 15) is 0 Å². The number of hydrogen-bond donors (Lipinski definition) is 1. The Balaban J connectivity index is 2.36. The van der Waals surface area contributed by atoms with Crippen molar-refractivity contribution in [1.29, 1.82) is 0 Å². The van der Waals surface area contributed by atoms with Gasteiger partial charge in [0.15, 0.2) is 0 Å². The second kappa shape index (κ2) is 4.56. The summed E-state index contributed by atoms with van der Waals surface area (Å²) in [6, 6.07) is 5.60. The second-order valence-corrected chi connectivity index (χ2v) is 5.75. The van der Waals surface area contributed by atoms with Crippen molar-refractivity contribution in [3.8, 4) is 0 Å². The van der Waals surface area contributed by atoms with Gasteiger partial charge >= 0.3 is 0 Å². The highest BCUT2D eigenvalue weighted by molar-refractivity contribution is 6.36. The first-order valence-electron chi connectivity index (χ1n) is 5.76. The Morgan fingerprint density at radius 2 is 1.69 bits per heavy atom. The van der Waals surface area contributed by atoms with Crippen LogP contribution in [0.25, 0.3) is 0 Å². The normalized spacial score (nSPS) is 30.4. The summed E-state index contributed by atoms with van der Waals surface area (Å²) in [5, 5.41) is 1.40. The van der Waals surface area contributed by atoms with Gasteiger partial charge in [-0.1, -0.05) is 36.2 Å². The van der Waals surface area contributed by atoms with E-state index < -0.39 is 0 Å². The summed E-state index contributed by atoms with van der Waals surface area (Å²) in [6.45, 7) is 2.27. The predicted octanol–water partition coefficient (Wildman–Crippen LogP) is 4.36. The molecule has 0 aliphatic heterocycles. The second-order valence-electron chi connectivity index (χ2n) is 4.94. The van der Waals surface area contributed by atoms with Crippen LogP contribution in [-0.2, 0) is 5.54 Å². The maximum Gasteiger partial charge on any atom is 0.0471 e. The van der Waals surface area contributed by atoms with Gasteiger partial charge in [0, 0.05) is 21.1 Å². The molecule has 0 spiro atoms. The third-order valence-electron chi connectivity index (χ3n) is 3.63. The van der Waals surface area contributed by atoms with E-state index >= 15 is 0 Å². The lowest BCUT2D eigenvalue weighted by atomic mass is 9.74. The Labute approximate surface area is 107 Å². The van der Waals surface area contributed by atoms with Gasteiger partial charge in [-0.15, -0.1) is 0 Å². The predicted molar refractivity (Wildman–Crippen MR) is 70.0 cm³/mol. The molecule has 2 N–H and O–H groups in total. The van der Waals surface area contributed by atoms with Crippen molar-refractivity contribution in [1.82, 2.24) is 0 Å². The average molecular weight is 258 g/mol. The van der Waals surface area contributed by atoms with Gasteiger partial charge in [0.2, 0.25) is 0 Å². The molecule has 0 atom stereocenters. The van der Waals surface area contributed by atoms with Gasteiger partial charge in [-0.2, -0.15) is 0 Å². The van der Waals surface area contributed by atoms with Crippen molar-refractivity contribution < 1.29 is 0 Å². The van der Waals surface area contributed by atoms with Crippen LogP contribution in [0.3, 0.4) is 0 Å². The third-order valence-corrected chi connectivity index (χ3v) is 4.26. The molecule has 16 heavy (non-hydrogen) atoms. The lowest BCUT2D eigenvalue weighted by molar-refractivity contribution is 0.248. The first kappa shape index (κ1) is 12.2. The van der Waals surface area contributed by atoms with Crippen LogP contribution in [0.1, 0.15) is 38.2 Å². The van der Waals surface area contributed by atoms with Gasteiger partial charge in [0.05, 0.1) is 0 Å². The molecule has 0 saturated heterocycles. The fraction of sp³-hybridized carbons (Fsp3) is 0.538. The van der Waals surface area contributed by atoms with Crippen molar-refractivity contribution in [2.75, 3.05) is 0 Å². The molecule has 1 aliphatic carbocycles. The molecule has 1 nitrogen and oxygen atoms in total. The number of halogens is 2. The molecule has 0 aromatic heterocycles. The summed E-state index contributed by atoms with van der Waals surface area (Å²) in [7, 11) is 0. The van der Waals surface area contributed by atoms with Crippen molar-refractivity contribution in [3.05, 3.63) is 33.8 Å². The molecular formula is C13H17Cl2N. The van der Waals surface area contributed by atoms with Crippen LogP contribution in [-0.4, -0.2) is 0 Å². The maximum absolute atomic E-state index is 6.48. The molecule has 88 valence electrons. The van der Waals surface area contributed by atoms with Gasteiger partial charge in [-0.25, -0.2) is 0 Å². The van der Waals surface area contributed by atoms with E-state index in [1.807, 2.05) is 18.2 Å². The van der Waals surface area contributed by atoms with E-state index in [1.165, 1.54) is 0 Å². The lowest BCUT2D eigenvalue weighted by Crippen LogP contribution is -2.40. The number of rotatable bonds is 1. The van der Waals surface area contributed by atoms with E-state index in [-0.39, 0.29) is 5.54 Å². The van der Waals surface area contributed by atoms with Gasteiger partial charge in [0.1, 0.15) is 0 Å². The van der Waals surface area contributed by atoms with E-state index in [0.717, 1.165) is 37.2 Å². The molecule has 0 radical (unpaired) electrons. The fourth-order valence-electron chi connectivity index (χ4n) is 2.50. The molecule has 1 aromatic carbocycles. The first-order chi connectivity index (χ1) is 7.53. The fourth-order valence-corrected chi connectivity index (χ4v) is 3.27. The van der Waals surface area contributed by atoms with Crippen molar-refractivity contribution in [3.63, 3.8) is 0 Å². The Morgan fingerprint density at radius 1 is 1.19 bits per heavy atom. The van der Waals surface area contributed by atoms with E-state index in [2.05, 4.69) is 6.92 Å². The highest BCUT2D eigenvalue weighted by Gasteiger charge is 2.34. The zero-order valence-electron chi connectivity index (χ0n) is 9.47. The topological polar surface area (TPSA) is 26.0 Å². The van der Waals surface area contributed by atoms with Crippen LogP contribution in [0, 0.1) is 5.92 Å². The minimum Gasteiger partial charge on any atom is -0.321 e. The molecule has 1 saturated carbocycles. The molecule has 3 heteroatoms. The number of benzene rings is 1. The molecule has 0 bridgehead atoms. The van der Waals surface area contributed by atoms with E-state index in [1.54, 1.807) is 0 Å². The summed E-state index contributed by atoms with van der Waals surface area (Å²) in [6.07, 6.45) is 4.24. The first-order valence-corrected chi connectivity index (χ1v) is 6.52. The van der Waals surface area contributed by atoms with E-state index in [4.69, 9.17) is 28.9 Å². The highest BCUT2D eigenvalue weighted by atomic mass is 35.5. The van der Waals surface area contributed by atoms with Gasteiger partial charge < -0.3 is 5.73 Å². The van der Waals surface area contributed by atoms with Crippen molar-refractivity contribution in [2.24, 2.45) is 11.7 Å².